The fourth-order valence-electron chi connectivity index (χ4n) is 2.57. The quantitative estimate of drug-likeness (QED) is 0.655. The van der Waals surface area contributed by atoms with Gasteiger partial charge in [0, 0.05) is 21.9 Å². The first-order chi connectivity index (χ1) is 11.0. The zero-order chi connectivity index (χ0) is 16.6. The molecular formula is C18H15ClN2OS. The van der Waals surface area contributed by atoms with Crippen LogP contribution < -0.4 is 5.56 Å². The second kappa shape index (κ2) is 6.19. The van der Waals surface area contributed by atoms with Crippen LogP contribution in [-0.2, 0) is 6.54 Å². The summed E-state index contributed by atoms with van der Waals surface area (Å²) in [5, 5.41) is 3.25. The molecular weight excluding hydrogens is 328 g/mol. The van der Waals surface area contributed by atoms with Crippen LogP contribution in [0.1, 0.15) is 25.6 Å². The largest absolute Gasteiger partial charge is 0.284 e. The zero-order valence-corrected chi connectivity index (χ0v) is 14.4. The summed E-state index contributed by atoms with van der Waals surface area (Å²) in [6.45, 7) is 4.24. The number of fused-ring (bicyclic) bond motifs is 1. The highest BCUT2D eigenvalue weighted by molar-refractivity contribution is 7.17. The molecule has 3 rings (SSSR count). The molecule has 0 radical (unpaired) electrons. The molecule has 0 fully saturated rings. The van der Waals surface area contributed by atoms with E-state index in [1.54, 1.807) is 4.57 Å². The zero-order valence-electron chi connectivity index (χ0n) is 12.8. The molecule has 2 heterocycles. The first-order valence-electron chi connectivity index (χ1n) is 7.24. The molecule has 3 aromatic rings. The summed E-state index contributed by atoms with van der Waals surface area (Å²) in [5.41, 5.74) is 1.74. The summed E-state index contributed by atoms with van der Waals surface area (Å²) in [4.78, 5) is 18.4. The number of aromatic nitrogens is 2. The lowest BCUT2D eigenvalue weighted by atomic mass is 10.1. The number of nitrogens with zero attached hydrogens (tertiary/aromatic N) is 2. The smallest absolute Gasteiger partial charge is 0.263 e. The third-order valence-electron chi connectivity index (χ3n) is 3.64. The first kappa shape index (κ1) is 15.8. The molecule has 0 saturated carbocycles. The highest BCUT2D eigenvalue weighted by Gasteiger charge is 2.18. The molecule has 0 unspecified atom stereocenters. The molecule has 1 aromatic carbocycles. The number of hydrogen-bond donors (Lipinski definition) is 0. The number of halogens is 1. The van der Waals surface area contributed by atoms with Crippen molar-refractivity contribution in [1.82, 2.24) is 9.55 Å². The van der Waals surface area contributed by atoms with Gasteiger partial charge in [-0.3, -0.25) is 9.36 Å². The van der Waals surface area contributed by atoms with Crippen LogP contribution in [0, 0.1) is 12.3 Å². The van der Waals surface area contributed by atoms with Crippen LogP contribution in [0.4, 0.5) is 0 Å². The van der Waals surface area contributed by atoms with Gasteiger partial charge in [0.05, 0.1) is 11.9 Å². The van der Waals surface area contributed by atoms with Gasteiger partial charge in [-0.25, -0.2) is 4.98 Å². The van der Waals surface area contributed by atoms with Gasteiger partial charge < -0.3 is 0 Å². The normalized spacial score (nSPS) is 11.1. The van der Waals surface area contributed by atoms with Crippen molar-refractivity contribution in [2.24, 2.45) is 0 Å². The van der Waals surface area contributed by atoms with E-state index in [1.165, 1.54) is 11.3 Å². The second-order valence-electron chi connectivity index (χ2n) is 5.56. The van der Waals surface area contributed by atoms with Crippen molar-refractivity contribution >= 4 is 33.2 Å². The summed E-state index contributed by atoms with van der Waals surface area (Å²) >= 11 is 7.42. The molecule has 5 heteroatoms. The molecule has 3 nitrogen and oxygen atoms in total. The Hall–Kier alpha value is -2.09. The monoisotopic (exact) mass is 342 g/mol. The maximum atomic E-state index is 13.0. The van der Waals surface area contributed by atoms with Gasteiger partial charge in [-0.15, -0.1) is 17.8 Å². The Balaban J connectivity index is 2.32. The Morgan fingerprint density at radius 2 is 2.04 bits per heavy atom. The predicted molar refractivity (Wildman–Crippen MR) is 97.2 cm³/mol. The molecule has 116 valence electrons. The summed E-state index contributed by atoms with van der Waals surface area (Å²) in [6, 6.07) is 7.45. The molecule has 0 spiro atoms. The molecule has 0 aliphatic carbocycles. The highest BCUT2D eigenvalue weighted by atomic mass is 35.5. The van der Waals surface area contributed by atoms with Crippen molar-refractivity contribution in [2.45, 2.75) is 26.3 Å². The Labute approximate surface area is 143 Å². The van der Waals surface area contributed by atoms with Crippen molar-refractivity contribution in [3.8, 4) is 23.5 Å². The van der Waals surface area contributed by atoms with Crippen molar-refractivity contribution in [3.63, 3.8) is 0 Å². The van der Waals surface area contributed by atoms with Crippen LogP contribution in [0.3, 0.4) is 0 Å². The minimum atomic E-state index is -0.0807. The van der Waals surface area contributed by atoms with Crippen molar-refractivity contribution in [2.75, 3.05) is 0 Å². The molecule has 0 aliphatic rings. The highest BCUT2D eigenvalue weighted by Crippen LogP contribution is 2.32. The number of benzene rings is 1. The van der Waals surface area contributed by atoms with Crippen molar-refractivity contribution in [3.05, 3.63) is 50.8 Å². The van der Waals surface area contributed by atoms with Crippen LogP contribution in [0.5, 0.6) is 0 Å². The van der Waals surface area contributed by atoms with E-state index in [9.17, 15) is 4.79 Å². The Morgan fingerprint density at radius 3 is 2.65 bits per heavy atom. The van der Waals surface area contributed by atoms with E-state index < -0.39 is 0 Å². The van der Waals surface area contributed by atoms with Crippen LogP contribution in [0.2, 0.25) is 5.02 Å². The minimum absolute atomic E-state index is 0.0807. The maximum Gasteiger partial charge on any atom is 0.263 e. The van der Waals surface area contributed by atoms with E-state index in [1.807, 2.05) is 43.5 Å². The summed E-state index contributed by atoms with van der Waals surface area (Å²) < 4.78 is 1.60. The SMILES string of the molecule is C#CCn1c(C(C)C)nc2scc(-c3ccc(Cl)cc3)c2c1=O. The Kier molecular flexibility index (Phi) is 4.25. The van der Waals surface area contributed by atoms with Gasteiger partial charge in [0.1, 0.15) is 10.7 Å². The predicted octanol–water partition coefficient (Wildman–Crippen LogP) is 4.54. The molecule has 0 bridgehead atoms. The van der Waals surface area contributed by atoms with E-state index in [4.69, 9.17) is 18.0 Å². The van der Waals surface area contributed by atoms with E-state index in [-0.39, 0.29) is 18.0 Å². The second-order valence-corrected chi connectivity index (χ2v) is 6.85. The van der Waals surface area contributed by atoms with Crippen LogP contribution >= 0.6 is 22.9 Å². The lowest BCUT2D eigenvalue weighted by Crippen LogP contribution is -2.25. The number of hydrogen-bond acceptors (Lipinski definition) is 3. The molecule has 23 heavy (non-hydrogen) atoms. The summed E-state index contributed by atoms with van der Waals surface area (Å²) in [7, 11) is 0. The molecule has 2 aromatic heterocycles. The maximum absolute atomic E-state index is 13.0. The van der Waals surface area contributed by atoms with E-state index >= 15 is 0 Å². The molecule has 0 saturated heterocycles. The van der Waals surface area contributed by atoms with Gasteiger partial charge in [0.15, 0.2) is 0 Å². The van der Waals surface area contributed by atoms with Gasteiger partial charge in [-0.2, -0.15) is 0 Å². The topological polar surface area (TPSA) is 34.9 Å². The fourth-order valence-corrected chi connectivity index (χ4v) is 3.64. The van der Waals surface area contributed by atoms with Gasteiger partial charge >= 0.3 is 0 Å². The van der Waals surface area contributed by atoms with Gasteiger partial charge in [0.25, 0.3) is 5.56 Å². The van der Waals surface area contributed by atoms with Gasteiger partial charge in [0.2, 0.25) is 0 Å². The lowest BCUT2D eigenvalue weighted by molar-refractivity contribution is 0.651. The van der Waals surface area contributed by atoms with Gasteiger partial charge in [-0.05, 0) is 17.7 Å². The molecule has 0 N–H and O–H groups in total. The van der Waals surface area contributed by atoms with E-state index in [0.717, 1.165) is 21.8 Å². The number of thiophene rings is 1. The van der Waals surface area contributed by atoms with Crippen LogP contribution in [-0.4, -0.2) is 9.55 Å². The Morgan fingerprint density at radius 1 is 1.35 bits per heavy atom. The van der Waals surface area contributed by atoms with Gasteiger partial charge in [-0.1, -0.05) is 43.5 Å². The minimum Gasteiger partial charge on any atom is -0.284 e. The average Bonchev–Trinajstić information content (AvgIpc) is 2.95. The Bertz CT molecular complexity index is 962. The van der Waals surface area contributed by atoms with Crippen molar-refractivity contribution in [1.29, 1.82) is 0 Å². The third-order valence-corrected chi connectivity index (χ3v) is 4.77. The number of terminal acetylenes is 1. The van der Waals surface area contributed by atoms with E-state index in [2.05, 4.69) is 10.9 Å². The number of rotatable bonds is 3. The van der Waals surface area contributed by atoms with E-state index in [0.29, 0.717) is 10.4 Å². The summed E-state index contributed by atoms with van der Waals surface area (Å²) in [5.74, 6) is 3.41. The van der Waals surface area contributed by atoms with Crippen LogP contribution in [0.15, 0.2) is 34.4 Å². The molecule has 0 atom stereocenters. The first-order valence-corrected chi connectivity index (χ1v) is 8.50. The van der Waals surface area contributed by atoms with Crippen LogP contribution in [0.25, 0.3) is 21.3 Å². The third kappa shape index (κ3) is 2.78. The molecule has 0 amide bonds. The standard InChI is InChI=1S/C18H15ClN2OS/c1-4-9-21-16(11(2)3)20-17-15(18(21)22)14(10-23-17)12-5-7-13(19)8-6-12/h1,5-8,10-11H,9H2,2-3H3. The summed E-state index contributed by atoms with van der Waals surface area (Å²) in [6.07, 6.45) is 5.43. The lowest BCUT2D eigenvalue weighted by Gasteiger charge is -2.13. The van der Waals surface area contributed by atoms with Crippen molar-refractivity contribution < 1.29 is 0 Å². The average molecular weight is 343 g/mol. The molecule has 0 aliphatic heterocycles. The fraction of sp³-hybridized carbons (Fsp3) is 0.222.